The van der Waals surface area contributed by atoms with Crippen LogP contribution in [0.25, 0.3) is 33.8 Å². The van der Waals surface area contributed by atoms with Crippen molar-refractivity contribution in [2.75, 3.05) is 34.8 Å². The van der Waals surface area contributed by atoms with E-state index in [1.54, 1.807) is 44.9 Å². The third kappa shape index (κ3) is 12.8. The van der Waals surface area contributed by atoms with Crippen LogP contribution in [0.2, 0.25) is 0 Å². The first-order valence-corrected chi connectivity index (χ1v) is 18.7. The van der Waals surface area contributed by atoms with E-state index in [2.05, 4.69) is 62.4 Å². The molecule has 0 fully saturated rings. The van der Waals surface area contributed by atoms with E-state index in [1.807, 2.05) is 59.3 Å². The number of aryl methyl sites for hydroxylation is 4. The average molecular weight is 811 g/mol. The Kier molecular flexibility index (Phi) is 17.0. The SMILES string of the molecule is CCO.Cc1ccc(-c2nc3ccc(C)cn3c2CC(=O)N(C)C)cc1.Cc1ccc(-c2nc3ccc(C)cn3c2CC(=O)N(C)C)cc1.O=C(O)C(O)C(O)C(=O)O. The lowest BCUT2D eigenvalue weighted by molar-refractivity contribution is -0.165. The van der Waals surface area contributed by atoms with Crippen molar-refractivity contribution in [2.45, 2.75) is 59.7 Å². The van der Waals surface area contributed by atoms with Crippen molar-refractivity contribution in [2.24, 2.45) is 0 Å². The molecule has 0 saturated heterocycles. The molecule has 6 aromatic rings. The molecule has 15 heteroatoms. The van der Waals surface area contributed by atoms with Gasteiger partial charge in [0.25, 0.3) is 0 Å². The van der Waals surface area contributed by atoms with Crippen molar-refractivity contribution in [3.8, 4) is 22.5 Å². The molecular weight excluding hydrogens is 757 g/mol. The highest BCUT2D eigenvalue weighted by Gasteiger charge is 2.29. The van der Waals surface area contributed by atoms with Gasteiger partial charge in [-0.15, -0.1) is 0 Å². The van der Waals surface area contributed by atoms with Crippen molar-refractivity contribution in [3.63, 3.8) is 0 Å². The van der Waals surface area contributed by atoms with Gasteiger partial charge < -0.3 is 44.1 Å². The molecule has 2 unspecified atom stereocenters. The van der Waals surface area contributed by atoms with E-state index < -0.39 is 24.1 Å². The molecule has 59 heavy (non-hydrogen) atoms. The lowest BCUT2D eigenvalue weighted by atomic mass is 10.1. The first-order valence-electron chi connectivity index (χ1n) is 18.7. The number of aromatic nitrogens is 4. The topological polar surface area (TPSA) is 211 Å². The molecular formula is C44H54N6O9. The molecule has 2 atom stereocenters. The van der Waals surface area contributed by atoms with Gasteiger partial charge in [-0.3, -0.25) is 9.59 Å². The van der Waals surface area contributed by atoms with E-state index in [0.717, 1.165) is 56.3 Å². The number of carbonyl (C=O) groups excluding carboxylic acids is 2. The maximum atomic E-state index is 12.3. The van der Waals surface area contributed by atoms with E-state index in [0.29, 0.717) is 12.8 Å². The minimum absolute atomic E-state index is 0.0710. The number of carbonyl (C=O) groups is 4. The van der Waals surface area contributed by atoms with Crippen molar-refractivity contribution < 1.29 is 44.7 Å². The maximum Gasteiger partial charge on any atom is 0.335 e. The molecule has 2 amide bonds. The van der Waals surface area contributed by atoms with E-state index in [4.69, 9.17) is 35.5 Å². The number of aliphatic hydroxyl groups is 3. The fraction of sp³-hybridized carbons (Fsp3) is 0.318. The predicted octanol–water partition coefficient (Wildman–Crippen LogP) is 4.37. The Morgan fingerprint density at radius 2 is 0.847 bits per heavy atom. The second-order valence-electron chi connectivity index (χ2n) is 14.2. The third-order valence-corrected chi connectivity index (χ3v) is 8.82. The summed E-state index contributed by atoms with van der Waals surface area (Å²) in [5.74, 6) is -3.40. The summed E-state index contributed by atoms with van der Waals surface area (Å²) in [7, 11) is 7.12. The van der Waals surface area contributed by atoms with Gasteiger partial charge in [0, 0.05) is 58.3 Å². The molecule has 314 valence electrons. The highest BCUT2D eigenvalue weighted by molar-refractivity contribution is 5.83. The number of aliphatic hydroxyl groups excluding tert-OH is 3. The normalized spacial score (nSPS) is 11.5. The van der Waals surface area contributed by atoms with Gasteiger partial charge in [0.15, 0.2) is 12.2 Å². The van der Waals surface area contributed by atoms with E-state index in [1.165, 1.54) is 11.1 Å². The largest absolute Gasteiger partial charge is 0.479 e. The van der Waals surface area contributed by atoms with Crippen LogP contribution >= 0.6 is 0 Å². The maximum absolute atomic E-state index is 12.3. The number of fused-ring (bicyclic) bond motifs is 2. The molecule has 0 aliphatic heterocycles. The number of likely N-dealkylation sites (N-methyl/N-ethyl adjacent to an activating group) is 2. The summed E-state index contributed by atoms with van der Waals surface area (Å²) in [4.78, 5) is 56.8. The number of aliphatic carboxylic acids is 2. The number of pyridine rings is 2. The summed E-state index contributed by atoms with van der Waals surface area (Å²) in [5, 5.41) is 40.1. The number of rotatable bonds is 9. The van der Waals surface area contributed by atoms with E-state index >= 15 is 0 Å². The minimum atomic E-state index is -2.27. The number of nitrogens with zero attached hydrogens (tertiary/aromatic N) is 6. The minimum Gasteiger partial charge on any atom is -0.479 e. The molecule has 5 N–H and O–H groups in total. The third-order valence-electron chi connectivity index (χ3n) is 8.82. The number of hydrogen-bond donors (Lipinski definition) is 5. The number of carboxylic acids is 2. The molecule has 4 heterocycles. The quantitative estimate of drug-likeness (QED) is 0.138. The first-order chi connectivity index (χ1) is 27.8. The van der Waals surface area contributed by atoms with Crippen LogP contribution in [-0.4, -0.2) is 125 Å². The lowest BCUT2D eigenvalue weighted by Crippen LogP contribution is -2.39. The monoisotopic (exact) mass is 810 g/mol. The number of imidazole rings is 2. The molecule has 0 saturated carbocycles. The highest BCUT2D eigenvalue weighted by Crippen LogP contribution is 2.27. The molecule has 0 bridgehead atoms. The summed E-state index contributed by atoms with van der Waals surface area (Å²) in [6, 6.07) is 24.6. The van der Waals surface area contributed by atoms with Gasteiger partial charge in [0.1, 0.15) is 11.3 Å². The molecule has 4 aromatic heterocycles. The van der Waals surface area contributed by atoms with Gasteiger partial charge in [-0.05, 0) is 57.9 Å². The Morgan fingerprint density at radius 1 is 0.559 bits per heavy atom. The summed E-state index contributed by atoms with van der Waals surface area (Å²) in [6.07, 6.45) is 0.216. The fourth-order valence-electron chi connectivity index (χ4n) is 5.49. The zero-order valence-corrected chi connectivity index (χ0v) is 34.9. The number of benzene rings is 2. The molecule has 0 radical (unpaired) electrons. The second-order valence-corrected chi connectivity index (χ2v) is 14.2. The molecule has 15 nitrogen and oxygen atoms in total. The number of carboxylic acid groups (broad SMARTS) is 2. The van der Waals surface area contributed by atoms with Gasteiger partial charge in [0.2, 0.25) is 11.8 Å². The van der Waals surface area contributed by atoms with Crippen LogP contribution in [-0.2, 0) is 32.0 Å². The summed E-state index contributed by atoms with van der Waals surface area (Å²) in [5.41, 5.74) is 12.2. The van der Waals surface area contributed by atoms with Crippen LogP contribution < -0.4 is 0 Å². The summed E-state index contributed by atoms with van der Waals surface area (Å²) < 4.78 is 4.07. The van der Waals surface area contributed by atoms with E-state index in [-0.39, 0.29) is 18.4 Å². The fourth-order valence-corrected chi connectivity index (χ4v) is 5.49. The Hall–Kier alpha value is -6.42. The molecule has 6 rings (SSSR count). The van der Waals surface area contributed by atoms with Gasteiger partial charge in [-0.2, -0.15) is 0 Å². The van der Waals surface area contributed by atoms with Gasteiger partial charge in [0.05, 0.1) is 35.6 Å². The first kappa shape index (κ1) is 47.0. The summed E-state index contributed by atoms with van der Waals surface area (Å²) >= 11 is 0. The molecule has 0 aliphatic rings. The number of hydrogen-bond acceptors (Lipinski definition) is 9. The van der Waals surface area contributed by atoms with Gasteiger partial charge >= 0.3 is 11.9 Å². The lowest BCUT2D eigenvalue weighted by Gasteiger charge is -2.11. The van der Waals surface area contributed by atoms with Crippen LogP contribution in [0.15, 0.2) is 85.2 Å². The van der Waals surface area contributed by atoms with Gasteiger partial charge in [-0.25, -0.2) is 19.6 Å². The molecule has 2 aromatic carbocycles. The molecule has 0 aliphatic carbocycles. The average Bonchev–Trinajstić information content (AvgIpc) is 3.72. The highest BCUT2D eigenvalue weighted by atomic mass is 16.4. The Bertz CT molecular complexity index is 2200. The standard InChI is InChI=1S/2C19H21N3O.C4H6O6.C2H6O/c2*1-13-5-8-15(9-6-13)19-16(11-18(23)21(3)4)22-12-14(2)7-10-17(22)20-19;5-1(3(7)8)2(6)4(9)10;1-2-3/h2*5-10,12H,11H2,1-4H3;1-2,5-6H,(H,7,8)(H,9,10);3H,2H2,1H3. The van der Waals surface area contributed by atoms with Gasteiger partial charge in [-0.1, -0.05) is 71.8 Å². The Labute approximate surface area is 343 Å². The predicted molar refractivity (Wildman–Crippen MR) is 225 cm³/mol. The second kappa shape index (κ2) is 21.4. The summed E-state index contributed by atoms with van der Waals surface area (Å²) in [6.45, 7) is 10.1. The van der Waals surface area contributed by atoms with Crippen LogP contribution in [0.5, 0.6) is 0 Å². The zero-order valence-electron chi connectivity index (χ0n) is 34.9. The smallest absolute Gasteiger partial charge is 0.335 e. The van der Waals surface area contributed by atoms with E-state index in [9.17, 15) is 19.2 Å². The molecule has 0 spiro atoms. The number of amides is 2. The van der Waals surface area contributed by atoms with Crippen LogP contribution in [0, 0.1) is 27.7 Å². The van der Waals surface area contributed by atoms with Crippen molar-refractivity contribution >= 4 is 35.0 Å². The van der Waals surface area contributed by atoms with Crippen molar-refractivity contribution in [1.29, 1.82) is 0 Å². The van der Waals surface area contributed by atoms with Crippen molar-refractivity contribution in [1.82, 2.24) is 28.6 Å². The van der Waals surface area contributed by atoms with Crippen LogP contribution in [0.4, 0.5) is 0 Å². The van der Waals surface area contributed by atoms with Crippen molar-refractivity contribution in [3.05, 3.63) is 119 Å². The Morgan fingerprint density at radius 3 is 1.12 bits per heavy atom. The zero-order chi connectivity index (χ0) is 44.1. The Balaban J connectivity index is 0.000000245. The van der Waals surface area contributed by atoms with Crippen LogP contribution in [0.3, 0.4) is 0 Å². The van der Waals surface area contributed by atoms with Crippen LogP contribution in [0.1, 0.15) is 40.6 Å².